The monoisotopic (exact) mass is 1440 g/mol. The zero-order valence-corrected chi connectivity index (χ0v) is 60.3. The first-order valence-electron chi connectivity index (χ1n) is 36.8. The van der Waals surface area contributed by atoms with Crippen LogP contribution in [0.4, 0.5) is 5.69 Å². The number of thiophene rings is 2. The summed E-state index contributed by atoms with van der Waals surface area (Å²) in [5.41, 5.74) is 21.1. The lowest BCUT2D eigenvalue weighted by atomic mass is 9.95. The van der Waals surface area contributed by atoms with E-state index in [1.807, 2.05) is 6.07 Å². The van der Waals surface area contributed by atoms with Gasteiger partial charge in [-0.05, 0) is 153 Å². The standard InChI is InChI=1S/C100H56N6O2S2/c1-101-78-57-77(100-103-98(71-35-21-39-87-90(71)69-33-17-19-37-85(69)109-87)102-99(104-100)72-36-22-40-88-91(72)70-34-18-20-38-86(70)110-88)94(105-79-47-41-63(58-23-7-2-8-24-58)55-75(79)92-81(105)49-45-67-73-53-65(60-27-11-4-12-28-60)43-51-83(73)107-96(67)92)95(89(78)62-31-15-6-16-32-62)106-80-48-42-64(59-25-9-3-10-26-59)56-76(80)93-82(106)50-46-68-74-54-66(61-29-13-5-14-30-61)44-52-84(74)108-97(68)93/h2-57H. The predicted molar refractivity (Wildman–Crippen MR) is 459 cm³/mol. The van der Waals surface area contributed by atoms with Crippen LogP contribution in [0.15, 0.2) is 349 Å². The van der Waals surface area contributed by atoms with Crippen molar-refractivity contribution in [1.82, 2.24) is 24.1 Å². The van der Waals surface area contributed by atoms with Crippen molar-refractivity contribution in [2.45, 2.75) is 0 Å². The topological polar surface area (TPSA) is 79.2 Å². The molecule has 0 fully saturated rings. The molecule has 0 amide bonds. The molecule has 0 spiro atoms. The van der Waals surface area contributed by atoms with Crippen LogP contribution in [0, 0.1) is 6.57 Å². The van der Waals surface area contributed by atoms with Gasteiger partial charge < -0.3 is 18.0 Å². The van der Waals surface area contributed by atoms with E-state index >= 15 is 0 Å². The zero-order chi connectivity index (χ0) is 72.2. The first-order chi connectivity index (χ1) is 54.5. The summed E-state index contributed by atoms with van der Waals surface area (Å²) in [5, 5.41) is 12.2. The summed E-state index contributed by atoms with van der Waals surface area (Å²) >= 11 is 3.53. The van der Waals surface area contributed by atoms with E-state index in [9.17, 15) is 6.57 Å². The maximum absolute atomic E-state index is 9.82. The van der Waals surface area contributed by atoms with E-state index in [0.717, 1.165) is 197 Å². The Morgan fingerprint density at radius 3 is 1.06 bits per heavy atom. The lowest BCUT2D eigenvalue weighted by molar-refractivity contribution is 0.672. The molecule has 0 unspecified atom stereocenters. The van der Waals surface area contributed by atoms with Gasteiger partial charge in [0.05, 0.1) is 50.8 Å². The Kier molecular flexibility index (Phi) is 13.7. The van der Waals surface area contributed by atoms with Crippen molar-refractivity contribution in [1.29, 1.82) is 0 Å². The molecule has 10 heteroatoms. The lowest BCUT2D eigenvalue weighted by Crippen LogP contribution is -2.10. The molecule has 0 aliphatic carbocycles. The Labute approximate surface area is 637 Å². The Bertz CT molecular complexity index is 7710. The van der Waals surface area contributed by atoms with Crippen LogP contribution >= 0.6 is 22.7 Å². The van der Waals surface area contributed by atoms with Gasteiger partial charge in [-0.3, -0.25) is 0 Å². The smallest absolute Gasteiger partial charge is 0.197 e. The van der Waals surface area contributed by atoms with Gasteiger partial charge in [0.15, 0.2) is 23.2 Å². The Morgan fingerprint density at radius 2 is 0.627 bits per heavy atom. The Balaban J connectivity index is 0.923. The molecule has 0 atom stereocenters. The fourth-order valence-electron chi connectivity index (χ4n) is 17.3. The molecule has 0 aliphatic heterocycles. The molecular formula is C100H56N6O2S2. The minimum atomic E-state index is 0.383. The summed E-state index contributed by atoms with van der Waals surface area (Å²) < 4.78 is 24.2. The summed E-state index contributed by atoms with van der Waals surface area (Å²) in [7, 11) is 0. The zero-order valence-electron chi connectivity index (χ0n) is 58.6. The second-order valence-electron chi connectivity index (χ2n) is 28.3. The van der Waals surface area contributed by atoms with Gasteiger partial charge in [-0.25, -0.2) is 19.8 Å². The highest BCUT2D eigenvalue weighted by atomic mass is 32.1. The van der Waals surface area contributed by atoms with E-state index in [1.54, 1.807) is 22.7 Å². The number of fused-ring (bicyclic) bond motifs is 20. The number of nitrogens with zero attached hydrogens (tertiary/aromatic N) is 6. The summed E-state index contributed by atoms with van der Waals surface area (Å²) in [6, 6.07) is 121. The van der Waals surface area contributed by atoms with Gasteiger partial charge in [0.2, 0.25) is 0 Å². The summed E-state index contributed by atoms with van der Waals surface area (Å²) in [5.74, 6) is 1.39. The highest BCUT2D eigenvalue weighted by Gasteiger charge is 2.33. The van der Waals surface area contributed by atoms with Crippen molar-refractivity contribution in [3.63, 3.8) is 0 Å². The van der Waals surface area contributed by atoms with E-state index in [4.69, 9.17) is 28.6 Å². The Hall–Kier alpha value is -14.3. The largest absolute Gasteiger partial charge is 0.455 e. The van der Waals surface area contributed by atoms with E-state index in [0.29, 0.717) is 28.7 Å². The maximum Gasteiger partial charge on any atom is 0.197 e. The molecule has 0 radical (unpaired) electrons. The van der Waals surface area contributed by atoms with Crippen LogP contribution in [-0.4, -0.2) is 24.1 Å². The molecule has 7 aromatic heterocycles. The molecule has 0 saturated heterocycles. The summed E-state index contributed by atoms with van der Waals surface area (Å²) in [4.78, 5) is 22.4. The van der Waals surface area contributed by atoms with Crippen LogP contribution < -0.4 is 0 Å². The predicted octanol–water partition coefficient (Wildman–Crippen LogP) is 28.5. The molecule has 7 heterocycles. The van der Waals surface area contributed by atoms with Crippen molar-refractivity contribution < 1.29 is 8.83 Å². The molecule has 110 heavy (non-hydrogen) atoms. The van der Waals surface area contributed by atoms with Crippen LogP contribution in [0.5, 0.6) is 0 Å². The van der Waals surface area contributed by atoms with Gasteiger partial charge in [-0.15, -0.1) is 22.7 Å². The van der Waals surface area contributed by atoms with Crippen molar-refractivity contribution in [2.75, 3.05) is 0 Å². The van der Waals surface area contributed by atoms with Crippen LogP contribution in [0.1, 0.15) is 0 Å². The van der Waals surface area contributed by atoms with E-state index < -0.39 is 0 Å². The number of furan rings is 2. The third kappa shape index (κ3) is 9.45. The third-order valence-electron chi connectivity index (χ3n) is 22.2. The summed E-state index contributed by atoms with van der Waals surface area (Å²) in [6.45, 7) is 9.82. The molecule has 23 rings (SSSR count). The SMILES string of the molecule is [C-]#[N+]c1cc(-c2nc(-c3cccc4sc5ccccc5c34)nc(-c3cccc4sc5ccccc5c34)n2)c(-n2c3ccc(-c4ccccc4)cc3c3c4oc5ccc(-c6ccccc6)cc5c4ccc32)c(-n2c3ccc(-c4ccccc4)cc3c3c4oc5ccc(-c6ccccc6)cc5c4ccc32)c1-c1ccccc1. The molecule has 510 valence electrons. The fraction of sp³-hybridized carbons (Fsp3) is 0. The van der Waals surface area contributed by atoms with Gasteiger partial charge in [-0.2, -0.15) is 0 Å². The molecule has 23 aromatic rings. The first kappa shape index (κ1) is 61.9. The first-order valence-corrected chi connectivity index (χ1v) is 38.4. The molecule has 0 saturated carbocycles. The number of hydrogen-bond acceptors (Lipinski definition) is 7. The normalized spacial score (nSPS) is 12.0. The fourth-order valence-corrected chi connectivity index (χ4v) is 19.6. The van der Waals surface area contributed by atoms with Crippen LogP contribution in [0.25, 0.3) is 234 Å². The van der Waals surface area contributed by atoms with Crippen LogP contribution in [-0.2, 0) is 0 Å². The van der Waals surface area contributed by atoms with Crippen LogP contribution in [0.2, 0.25) is 0 Å². The van der Waals surface area contributed by atoms with Crippen molar-refractivity contribution in [3.8, 4) is 101 Å². The van der Waals surface area contributed by atoms with Crippen molar-refractivity contribution in [3.05, 3.63) is 351 Å². The van der Waals surface area contributed by atoms with E-state index in [2.05, 4.69) is 343 Å². The van der Waals surface area contributed by atoms with Crippen LogP contribution in [0.3, 0.4) is 0 Å². The molecule has 16 aromatic carbocycles. The van der Waals surface area contributed by atoms with Crippen molar-refractivity contribution in [2.24, 2.45) is 0 Å². The molecule has 0 aliphatic rings. The third-order valence-corrected chi connectivity index (χ3v) is 24.5. The maximum atomic E-state index is 9.82. The van der Waals surface area contributed by atoms with E-state index in [-0.39, 0.29) is 0 Å². The van der Waals surface area contributed by atoms with Gasteiger partial charge >= 0.3 is 0 Å². The number of rotatable bonds is 10. The Morgan fingerprint density at radius 1 is 0.264 bits per heavy atom. The number of hydrogen-bond donors (Lipinski definition) is 0. The lowest BCUT2D eigenvalue weighted by Gasteiger charge is -2.25. The second-order valence-corrected chi connectivity index (χ2v) is 30.4. The van der Waals surface area contributed by atoms with E-state index in [1.165, 1.54) is 9.40 Å². The van der Waals surface area contributed by atoms with Gasteiger partial charge in [0.1, 0.15) is 22.3 Å². The molecule has 0 N–H and O–H groups in total. The minimum absolute atomic E-state index is 0.383. The average Bonchev–Trinajstić information content (AvgIpc) is 1.51. The summed E-state index contributed by atoms with van der Waals surface area (Å²) in [6.07, 6.45) is 0. The van der Waals surface area contributed by atoms with Gasteiger partial charge in [-0.1, -0.05) is 237 Å². The minimum Gasteiger partial charge on any atom is -0.455 e. The molecule has 8 nitrogen and oxygen atoms in total. The quantitative estimate of drug-likeness (QED) is 0.128. The average molecular weight is 1440 g/mol. The highest BCUT2D eigenvalue weighted by molar-refractivity contribution is 7.26. The van der Waals surface area contributed by atoms with Gasteiger partial charge in [0.25, 0.3) is 0 Å². The highest BCUT2D eigenvalue weighted by Crippen LogP contribution is 2.54. The van der Waals surface area contributed by atoms with Gasteiger partial charge in [0, 0.05) is 94.9 Å². The second kappa shape index (κ2) is 24.4. The number of aromatic nitrogens is 5. The molecule has 0 bridgehead atoms. The van der Waals surface area contributed by atoms with Crippen molar-refractivity contribution >= 4 is 156 Å². The number of benzene rings is 16. The molecular weight excluding hydrogens is 1380 g/mol.